The van der Waals surface area contributed by atoms with E-state index in [9.17, 15) is 14.4 Å². The highest BCUT2D eigenvalue weighted by Crippen LogP contribution is 2.18. The van der Waals surface area contributed by atoms with Gasteiger partial charge < -0.3 is 14.2 Å². The monoisotopic (exact) mass is 456 g/mol. The molecule has 2 rings (SSSR count). The van der Waals surface area contributed by atoms with Crippen LogP contribution in [-0.4, -0.2) is 37.6 Å². The van der Waals surface area contributed by atoms with Crippen LogP contribution >= 0.6 is 0 Å². The third kappa shape index (κ3) is 9.22. The van der Waals surface area contributed by atoms with Crippen molar-refractivity contribution in [2.45, 2.75) is 46.0 Å². The number of hydrogen-bond donors (Lipinski definition) is 2. The zero-order chi connectivity index (χ0) is 23.9. The van der Waals surface area contributed by atoms with Crippen LogP contribution in [0.2, 0.25) is 0 Å². The maximum absolute atomic E-state index is 12.5. The van der Waals surface area contributed by atoms with Gasteiger partial charge in [0.1, 0.15) is 11.5 Å². The maximum Gasteiger partial charge on any atom is 0.338 e. The second-order valence-electron chi connectivity index (χ2n) is 7.36. The van der Waals surface area contributed by atoms with E-state index in [2.05, 4.69) is 17.8 Å². The van der Waals surface area contributed by atoms with Crippen molar-refractivity contribution in [2.24, 2.45) is 0 Å². The summed E-state index contributed by atoms with van der Waals surface area (Å²) < 4.78 is 16.2. The smallest absolute Gasteiger partial charge is 0.338 e. The van der Waals surface area contributed by atoms with E-state index in [4.69, 9.17) is 14.2 Å². The number of amides is 2. The highest BCUT2D eigenvalue weighted by atomic mass is 16.5. The molecule has 0 aromatic heterocycles. The largest absolute Gasteiger partial charge is 0.493 e. The molecule has 178 valence electrons. The molecule has 8 heteroatoms. The first-order chi connectivity index (χ1) is 16.0. The highest BCUT2D eigenvalue weighted by molar-refractivity contribution is 5.97. The molecule has 2 amide bonds. The number of para-hydroxylation sites is 1. The van der Waals surface area contributed by atoms with Crippen LogP contribution in [0.3, 0.4) is 0 Å². The first-order valence-electron chi connectivity index (χ1n) is 11.3. The number of hydrazine groups is 1. The fourth-order valence-electron chi connectivity index (χ4n) is 2.84. The van der Waals surface area contributed by atoms with Gasteiger partial charge in [-0.05, 0) is 49.2 Å². The Morgan fingerprint density at radius 1 is 0.788 bits per heavy atom. The fourth-order valence-corrected chi connectivity index (χ4v) is 2.84. The lowest BCUT2D eigenvalue weighted by Crippen LogP contribution is -2.43. The Balaban J connectivity index is 1.77. The summed E-state index contributed by atoms with van der Waals surface area (Å²) in [5.74, 6) is -0.552. The number of ether oxygens (including phenoxy) is 3. The van der Waals surface area contributed by atoms with Gasteiger partial charge in [-0.25, -0.2) is 4.79 Å². The summed E-state index contributed by atoms with van der Waals surface area (Å²) in [7, 11) is 0. The number of rotatable bonds is 13. The van der Waals surface area contributed by atoms with Crippen LogP contribution in [-0.2, 0) is 9.53 Å². The topological polar surface area (TPSA) is 103 Å². The average molecular weight is 457 g/mol. The maximum atomic E-state index is 12.5. The number of carbonyl (C=O) groups excluding carboxylic acids is 3. The zero-order valence-corrected chi connectivity index (χ0v) is 19.2. The van der Waals surface area contributed by atoms with E-state index in [0.29, 0.717) is 35.8 Å². The minimum Gasteiger partial charge on any atom is -0.493 e. The zero-order valence-electron chi connectivity index (χ0n) is 19.2. The Hall–Kier alpha value is -3.55. The molecule has 0 aliphatic heterocycles. The third-order valence-corrected chi connectivity index (χ3v) is 4.60. The summed E-state index contributed by atoms with van der Waals surface area (Å²) in [6.07, 6.45) is 5.03. The molecule has 0 spiro atoms. The number of benzene rings is 2. The van der Waals surface area contributed by atoms with E-state index in [1.807, 2.05) is 6.92 Å². The Bertz CT molecular complexity index is 898. The molecular formula is C25H32N2O6. The number of carbonyl (C=O) groups is 3. The number of esters is 1. The van der Waals surface area contributed by atoms with Gasteiger partial charge in [-0.15, -0.1) is 0 Å². The summed E-state index contributed by atoms with van der Waals surface area (Å²) in [5.41, 5.74) is 5.43. The number of nitrogens with one attached hydrogen (secondary N) is 2. The van der Waals surface area contributed by atoms with Crippen molar-refractivity contribution in [1.29, 1.82) is 0 Å². The van der Waals surface area contributed by atoms with Crippen molar-refractivity contribution in [1.82, 2.24) is 10.9 Å². The highest BCUT2D eigenvalue weighted by Gasteiger charge is 2.13. The van der Waals surface area contributed by atoms with E-state index < -0.39 is 17.8 Å². The van der Waals surface area contributed by atoms with Crippen LogP contribution in [0.4, 0.5) is 0 Å². The van der Waals surface area contributed by atoms with Crippen molar-refractivity contribution in [3.8, 4) is 11.5 Å². The van der Waals surface area contributed by atoms with Crippen molar-refractivity contribution in [2.75, 3.05) is 19.8 Å². The summed E-state index contributed by atoms with van der Waals surface area (Å²) >= 11 is 0. The molecule has 8 nitrogen and oxygen atoms in total. The molecule has 2 N–H and O–H groups in total. The molecule has 0 saturated carbocycles. The molecular weight excluding hydrogens is 424 g/mol. The Labute approximate surface area is 194 Å². The van der Waals surface area contributed by atoms with Crippen LogP contribution in [0.25, 0.3) is 0 Å². The van der Waals surface area contributed by atoms with E-state index >= 15 is 0 Å². The van der Waals surface area contributed by atoms with E-state index in [-0.39, 0.29) is 6.61 Å². The molecule has 33 heavy (non-hydrogen) atoms. The quantitative estimate of drug-likeness (QED) is 0.268. The first-order valence-corrected chi connectivity index (χ1v) is 11.3. The van der Waals surface area contributed by atoms with Crippen LogP contribution in [0, 0.1) is 0 Å². The molecule has 2 aromatic rings. The molecule has 0 fully saturated rings. The SMILES string of the molecule is CCCCCCOc1ccccc1C(=O)NNC(=O)COc1ccc(C(=O)OCCC)cc1. The predicted molar refractivity (Wildman–Crippen MR) is 124 cm³/mol. The number of hydrogen-bond acceptors (Lipinski definition) is 6. The minimum atomic E-state index is -0.534. The lowest BCUT2D eigenvalue weighted by atomic mass is 10.2. The van der Waals surface area contributed by atoms with Crippen LogP contribution in [0.1, 0.15) is 66.7 Å². The van der Waals surface area contributed by atoms with Gasteiger partial charge in [-0.1, -0.05) is 45.2 Å². The average Bonchev–Trinajstić information content (AvgIpc) is 2.85. The normalized spacial score (nSPS) is 10.2. The van der Waals surface area contributed by atoms with E-state index in [1.165, 1.54) is 0 Å². The van der Waals surface area contributed by atoms with Crippen molar-refractivity contribution >= 4 is 17.8 Å². The predicted octanol–water partition coefficient (Wildman–Crippen LogP) is 4.05. The van der Waals surface area contributed by atoms with Gasteiger partial charge in [0.2, 0.25) is 0 Å². The molecule has 0 unspecified atom stereocenters. The van der Waals surface area contributed by atoms with Gasteiger partial charge in [0.05, 0.1) is 24.3 Å². The van der Waals surface area contributed by atoms with Crippen LogP contribution in [0.5, 0.6) is 11.5 Å². The molecule has 0 bridgehead atoms. The molecule has 2 aromatic carbocycles. The van der Waals surface area contributed by atoms with Gasteiger partial charge in [-0.2, -0.15) is 0 Å². The van der Waals surface area contributed by atoms with Gasteiger partial charge >= 0.3 is 5.97 Å². The first kappa shape index (κ1) is 25.7. The van der Waals surface area contributed by atoms with Crippen molar-refractivity contribution < 1.29 is 28.6 Å². The van der Waals surface area contributed by atoms with Gasteiger partial charge in [0, 0.05) is 0 Å². The van der Waals surface area contributed by atoms with Crippen molar-refractivity contribution in [3.63, 3.8) is 0 Å². The Morgan fingerprint density at radius 2 is 1.55 bits per heavy atom. The molecule has 0 radical (unpaired) electrons. The standard InChI is InChI=1S/C25H32N2O6/c1-3-5-6-9-17-31-22-11-8-7-10-21(22)24(29)27-26-23(28)18-33-20-14-12-19(13-15-20)25(30)32-16-4-2/h7-8,10-15H,3-6,9,16-18H2,1-2H3,(H,26,28)(H,27,29). The van der Waals surface area contributed by atoms with Gasteiger partial charge in [0.15, 0.2) is 6.61 Å². The summed E-state index contributed by atoms with van der Waals surface area (Å²) in [5, 5.41) is 0. The van der Waals surface area contributed by atoms with Crippen LogP contribution in [0.15, 0.2) is 48.5 Å². The lowest BCUT2D eigenvalue weighted by molar-refractivity contribution is -0.123. The lowest BCUT2D eigenvalue weighted by Gasteiger charge is -2.12. The Morgan fingerprint density at radius 3 is 2.27 bits per heavy atom. The molecule has 0 aliphatic rings. The van der Waals surface area contributed by atoms with Crippen LogP contribution < -0.4 is 20.3 Å². The summed E-state index contributed by atoms with van der Waals surface area (Å²) in [4.78, 5) is 36.3. The Kier molecular flexibility index (Phi) is 11.3. The third-order valence-electron chi connectivity index (χ3n) is 4.60. The minimum absolute atomic E-state index is 0.310. The van der Waals surface area contributed by atoms with Gasteiger partial charge in [-0.3, -0.25) is 20.4 Å². The molecule has 0 atom stereocenters. The van der Waals surface area contributed by atoms with Crippen molar-refractivity contribution in [3.05, 3.63) is 59.7 Å². The summed E-state index contributed by atoms with van der Waals surface area (Å²) in [6, 6.07) is 13.1. The fraction of sp³-hybridized carbons (Fsp3) is 0.400. The molecule has 0 heterocycles. The van der Waals surface area contributed by atoms with E-state index in [0.717, 1.165) is 32.1 Å². The van der Waals surface area contributed by atoms with Gasteiger partial charge in [0.25, 0.3) is 11.8 Å². The number of unbranched alkanes of at least 4 members (excludes halogenated alkanes) is 3. The second kappa shape index (κ2) is 14.5. The summed E-state index contributed by atoms with van der Waals surface area (Å²) in [6.45, 7) is 4.63. The molecule has 0 saturated heterocycles. The second-order valence-corrected chi connectivity index (χ2v) is 7.36. The van der Waals surface area contributed by atoms with E-state index in [1.54, 1.807) is 48.5 Å². The molecule has 0 aliphatic carbocycles.